The highest BCUT2D eigenvalue weighted by molar-refractivity contribution is 7.80. The fourth-order valence-electron chi connectivity index (χ4n) is 1.86. The highest BCUT2D eigenvalue weighted by atomic mass is 32.1. The Morgan fingerprint density at radius 3 is 2.70 bits per heavy atom. The van der Waals surface area contributed by atoms with Crippen molar-refractivity contribution in [3.8, 4) is 5.75 Å². The smallest absolute Gasteiger partial charge is 0.171 e. The van der Waals surface area contributed by atoms with Crippen LogP contribution in [0.2, 0.25) is 0 Å². The second kappa shape index (κ2) is 6.91. The number of hydrogen-bond acceptors (Lipinski definition) is 2. The first-order chi connectivity index (χ1) is 9.67. The van der Waals surface area contributed by atoms with Gasteiger partial charge < -0.3 is 15.4 Å². The summed E-state index contributed by atoms with van der Waals surface area (Å²) in [5.74, 6) is 0.849. The number of methoxy groups -OCH3 is 1. The van der Waals surface area contributed by atoms with E-state index in [1.807, 2.05) is 36.4 Å². The first-order valence-corrected chi connectivity index (χ1v) is 6.82. The van der Waals surface area contributed by atoms with Crippen LogP contribution < -0.4 is 15.4 Å². The fourth-order valence-corrected chi connectivity index (χ4v) is 2.05. The molecular weight excluding hydrogens is 268 g/mol. The van der Waals surface area contributed by atoms with Crippen LogP contribution in [0.5, 0.6) is 5.75 Å². The number of rotatable bonds is 4. The van der Waals surface area contributed by atoms with Gasteiger partial charge in [-0.1, -0.05) is 24.3 Å². The molecule has 0 amide bonds. The molecule has 3 nitrogen and oxygen atoms in total. The van der Waals surface area contributed by atoms with E-state index in [0.29, 0.717) is 11.7 Å². The number of thiocarbonyl (C=S) groups is 1. The number of ether oxygens (including phenoxy) is 1. The third-order valence-electron chi connectivity index (χ3n) is 2.86. The highest BCUT2D eigenvalue weighted by Gasteiger charge is 1.99. The Hall–Kier alpha value is -2.07. The minimum absolute atomic E-state index is 0.610. The summed E-state index contributed by atoms with van der Waals surface area (Å²) in [5, 5.41) is 6.96. The summed E-state index contributed by atoms with van der Waals surface area (Å²) >= 11 is 5.29. The lowest BCUT2D eigenvalue weighted by Gasteiger charge is -2.11. The maximum atomic E-state index is 5.29. The molecule has 0 spiro atoms. The summed E-state index contributed by atoms with van der Waals surface area (Å²) in [6, 6.07) is 16.0. The molecule has 0 saturated carbocycles. The molecular formula is C16H18N2OS. The Bertz CT molecular complexity index is 599. The number of aryl methyl sites for hydroxylation is 1. The fraction of sp³-hybridized carbons (Fsp3) is 0.188. The maximum Gasteiger partial charge on any atom is 0.171 e. The van der Waals surface area contributed by atoms with Gasteiger partial charge in [0.1, 0.15) is 5.75 Å². The molecule has 0 atom stereocenters. The van der Waals surface area contributed by atoms with Gasteiger partial charge >= 0.3 is 0 Å². The zero-order valence-corrected chi connectivity index (χ0v) is 12.5. The predicted molar refractivity (Wildman–Crippen MR) is 87.2 cm³/mol. The summed E-state index contributed by atoms with van der Waals surface area (Å²) in [7, 11) is 1.66. The molecule has 0 aliphatic carbocycles. The van der Waals surface area contributed by atoms with Crippen LogP contribution in [-0.2, 0) is 6.54 Å². The van der Waals surface area contributed by atoms with Gasteiger partial charge in [-0.3, -0.25) is 0 Å². The molecule has 0 saturated heterocycles. The lowest BCUT2D eigenvalue weighted by atomic mass is 10.2. The van der Waals surface area contributed by atoms with Crippen molar-refractivity contribution in [2.75, 3.05) is 12.4 Å². The van der Waals surface area contributed by atoms with E-state index in [2.05, 4.69) is 29.7 Å². The molecule has 0 unspecified atom stereocenters. The van der Waals surface area contributed by atoms with Crippen molar-refractivity contribution in [2.45, 2.75) is 13.5 Å². The Morgan fingerprint density at radius 2 is 1.95 bits per heavy atom. The number of benzene rings is 2. The lowest BCUT2D eigenvalue weighted by molar-refractivity contribution is 0.414. The van der Waals surface area contributed by atoms with E-state index < -0.39 is 0 Å². The van der Waals surface area contributed by atoms with Gasteiger partial charge in [-0.15, -0.1) is 0 Å². The molecule has 2 aromatic carbocycles. The third-order valence-corrected chi connectivity index (χ3v) is 3.11. The molecule has 0 aliphatic heterocycles. The van der Waals surface area contributed by atoms with Gasteiger partial charge in [-0.25, -0.2) is 0 Å². The van der Waals surface area contributed by atoms with Crippen molar-refractivity contribution in [2.24, 2.45) is 0 Å². The molecule has 2 rings (SSSR count). The summed E-state index contributed by atoms with van der Waals surface area (Å²) in [6.07, 6.45) is 0. The summed E-state index contributed by atoms with van der Waals surface area (Å²) in [5.41, 5.74) is 3.32. The van der Waals surface area contributed by atoms with Crippen molar-refractivity contribution >= 4 is 23.0 Å². The molecule has 0 aliphatic rings. The quantitative estimate of drug-likeness (QED) is 0.843. The normalized spacial score (nSPS) is 9.90. The van der Waals surface area contributed by atoms with E-state index >= 15 is 0 Å². The van der Waals surface area contributed by atoms with Crippen LogP contribution in [0.3, 0.4) is 0 Å². The van der Waals surface area contributed by atoms with Crippen LogP contribution in [0, 0.1) is 6.92 Å². The topological polar surface area (TPSA) is 33.3 Å². The van der Waals surface area contributed by atoms with Crippen molar-refractivity contribution in [3.05, 3.63) is 59.7 Å². The number of nitrogens with one attached hydrogen (secondary N) is 2. The SMILES string of the molecule is COc1cccc(CNC(=S)Nc2cccc(C)c2)c1. The average Bonchev–Trinajstić information content (AvgIpc) is 2.45. The lowest BCUT2D eigenvalue weighted by Crippen LogP contribution is -2.27. The van der Waals surface area contributed by atoms with Crippen LogP contribution in [0.1, 0.15) is 11.1 Å². The highest BCUT2D eigenvalue weighted by Crippen LogP contribution is 2.12. The van der Waals surface area contributed by atoms with Gasteiger partial charge in [-0.05, 0) is 54.5 Å². The van der Waals surface area contributed by atoms with Gasteiger partial charge in [0.15, 0.2) is 5.11 Å². The first kappa shape index (κ1) is 14.3. The summed E-state index contributed by atoms with van der Waals surface area (Å²) < 4.78 is 5.19. The first-order valence-electron chi connectivity index (χ1n) is 6.42. The van der Waals surface area contributed by atoms with Crippen LogP contribution in [-0.4, -0.2) is 12.2 Å². The van der Waals surface area contributed by atoms with Crippen LogP contribution in [0.25, 0.3) is 0 Å². The number of anilines is 1. The van der Waals surface area contributed by atoms with E-state index in [1.54, 1.807) is 7.11 Å². The van der Waals surface area contributed by atoms with Crippen molar-refractivity contribution < 1.29 is 4.74 Å². The van der Waals surface area contributed by atoms with E-state index in [1.165, 1.54) is 5.56 Å². The third kappa shape index (κ3) is 4.24. The molecule has 0 aromatic heterocycles. The average molecular weight is 286 g/mol. The van der Waals surface area contributed by atoms with E-state index in [0.717, 1.165) is 17.0 Å². The minimum Gasteiger partial charge on any atom is -0.497 e. The molecule has 2 N–H and O–H groups in total. The standard InChI is InChI=1S/C16H18N2OS/c1-12-5-3-7-14(9-12)18-16(20)17-11-13-6-4-8-15(10-13)19-2/h3-10H,11H2,1-2H3,(H2,17,18,20). The Balaban J connectivity index is 1.88. The van der Waals surface area contributed by atoms with Crippen molar-refractivity contribution in [1.82, 2.24) is 5.32 Å². The second-order valence-corrected chi connectivity index (χ2v) is 4.94. The van der Waals surface area contributed by atoms with Crippen LogP contribution in [0.15, 0.2) is 48.5 Å². The molecule has 4 heteroatoms. The van der Waals surface area contributed by atoms with E-state index in [-0.39, 0.29) is 0 Å². The molecule has 0 bridgehead atoms. The predicted octanol–water partition coefficient (Wildman–Crippen LogP) is 3.49. The molecule has 104 valence electrons. The maximum absolute atomic E-state index is 5.29. The van der Waals surface area contributed by atoms with Gasteiger partial charge in [0, 0.05) is 12.2 Å². The van der Waals surface area contributed by atoms with Crippen LogP contribution >= 0.6 is 12.2 Å². The van der Waals surface area contributed by atoms with Gasteiger partial charge in [0.25, 0.3) is 0 Å². The van der Waals surface area contributed by atoms with Crippen LogP contribution in [0.4, 0.5) is 5.69 Å². The number of hydrogen-bond donors (Lipinski definition) is 2. The van der Waals surface area contributed by atoms with E-state index in [4.69, 9.17) is 17.0 Å². The molecule has 0 fully saturated rings. The molecule has 0 heterocycles. The molecule has 20 heavy (non-hydrogen) atoms. The zero-order valence-electron chi connectivity index (χ0n) is 11.6. The molecule has 2 aromatic rings. The summed E-state index contributed by atoms with van der Waals surface area (Å²) in [6.45, 7) is 2.72. The van der Waals surface area contributed by atoms with Gasteiger partial charge in [0.2, 0.25) is 0 Å². The second-order valence-electron chi connectivity index (χ2n) is 4.53. The zero-order chi connectivity index (χ0) is 14.4. The van der Waals surface area contributed by atoms with E-state index in [9.17, 15) is 0 Å². The summed E-state index contributed by atoms with van der Waals surface area (Å²) in [4.78, 5) is 0. The van der Waals surface area contributed by atoms with Crippen molar-refractivity contribution in [3.63, 3.8) is 0 Å². The van der Waals surface area contributed by atoms with Crippen molar-refractivity contribution in [1.29, 1.82) is 0 Å². The molecule has 0 radical (unpaired) electrons. The Kier molecular flexibility index (Phi) is 4.96. The van der Waals surface area contributed by atoms with Gasteiger partial charge in [0.05, 0.1) is 7.11 Å². The Labute approximate surface area is 125 Å². The van der Waals surface area contributed by atoms with Gasteiger partial charge in [-0.2, -0.15) is 0 Å². The Morgan fingerprint density at radius 1 is 1.15 bits per heavy atom. The minimum atomic E-state index is 0.610. The largest absolute Gasteiger partial charge is 0.497 e. The monoisotopic (exact) mass is 286 g/mol.